The smallest absolute Gasteiger partial charge is 0.0841 e. The van der Waals surface area contributed by atoms with Crippen LogP contribution in [-0.2, 0) is 4.74 Å². The Morgan fingerprint density at radius 1 is 1.27 bits per heavy atom. The van der Waals surface area contributed by atoms with Crippen LogP contribution < -0.4 is 0 Å². The lowest BCUT2D eigenvalue weighted by Crippen LogP contribution is -2.20. The van der Waals surface area contributed by atoms with E-state index in [9.17, 15) is 0 Å². The molecular formula is C14H28O. The molecule has 0 saturated carbocycles. The third-order valence-corrected chi connectivity index (χ3v) is 3.64. The van der Waals surface area contributed by atoms with Crippen molar-refractivity contribution in [2.24, 2.45) is 17.3 Å². The van der Waals surface area contributed by atoms with Crippen molar-refractivity contribution in [2.45, 2.75) is 73.0 Å². The van der Waals surface area contributed by atoms with E-state index in [1.54, 1.807) is 0 Å². The highest BCUT2D eigenvalue weighted by Crippen LogP contribution is 2.36. The summed E-state index contributed by atoms with van der Waals surface area (Å²) in [5.74, 6) is 1.67. The number of epoxide rings is 1. The van der Waals surface area contributed by atoms with Gasteiger partial charge in [0.2, 0.25) is 0 Å². The van der Waals surface area contributed by atoms with Crippen molar-refractivity contribution in [3.8, 4) is 0 Å². The second-order valence-corrected chi connectivity index (χ2v) is 6.53. The minimum absolute atomic E-state index is 0.463. The molecule has 1 aliphatic rings. The molecule has 1 nitrogen and oxygen atoms in total. The maximum Gasteiger partial charge on any atom is 0.0841 e. The van der Waals surface area contributed by atoms with Gasteiger partial charge in [-0.15, -0.1) is 0 Å². The molecular weight excluding hydrogens is 184 g/mol. The Hall–Kier alpha value is -0.0400. The van der Waals surface area contributed by atoms with E-state index in [2.05, 4.69) is 41.5 Å². The molecule has 0 aromatic rings. The minimum Gasteiger partial charge on any atom is -0.370 e. The lowest BCUT2D eigenvalue weighted by atomic mass is 9.76. The number of rotatable bonds is 5. The van der Waals surface area contributed by atoms with Crippen LogP contribution in [0.4, 0.5) is 0 Å². The average Bonchev–Trinajstić information content (AvgIpc) is 2.75. The van der Waals surface area contributed by atoms with E-state index >= 15 is 0 Å². The van der Waals surface area contributed by atoms with Crippen molar-refractivity contribution >= 4 is 0 Å². The summed E-state index contributed by atoms with van der Waals surface area (Å²) in [4.78, 5) is 0. The van der Waals surface area contributed by atoms with Gasteiger partial charge in [-0.1, -0.05) is 41.0 Å². The maximum absolute atomic E-state index is 5.51. The zero-order valence-corrected chi connectivity index (χ0v) is 11.3. The Morgan fingerprint density at radius 2 is 1.80 bits per heavy atom. The molecule has 0 aliphatic carbocycles. The molecule has 0 bridgehead atoms. The predicted octanol–water partition coefficient (Wildman–Crippen LogP) is 4.26. The lowest BCUT2D eigenvalue weighted by molar-refractivity contribution is 0.207. The van der Waals surface area contributed by atoms with Crippen molar-refractivity contribution in [2.75, 3.05) is 0 Å². The summed E-state index contributed by atoms with van der Waals surface area (Å²) in [6, 6.07) is 0. The SMILES string of the molecule is CCC(CC(C)(C)C)C(C)CC1OC1C. The van der Waals surface area contributed by atoms with Crippen LogP contribution in [0.15, 0.2) is 0 Å². The Morgan fingerprint density at radius 3 is 2.13 bits per heavy atom. The summed E-state index contributed by atoms with van der Waals surface area (Å²) in [7, 11) is 0. The quantitative estimate of drug-likeness (QED) is 0.620. The van der Waals surface area contributed by atoms with E-state index in [0.29, 0.717) is 17.6 Å². The molecule has 4 atom stereocenters. The second-order valence-electron chi connectivity index (χ2n) is 6.53. The van der Waals surface area contributed by atoms with Crippen LogP contribution >= 0.6 is 0 Å². The fourth-order valence-corrected chi connectivity index (χ4v) is 2.57. The van der Waals surface area contributed by atoms with Crippen LogP contribution in [0, 0.1) is 17.3 Å². The highest BCUT2D eigenvalue weighted by molar-refractivity contribution is 4.84. The van der Waals surface area contributed by atoms with Crippen molar-refractivity contribution in [3.63, 3.8) is 0 Å². The summed E-state index contributed by atoms with van der Waals surface area (Å²) >= 11 is 0. The first-order chi connectivity index (χ1) is 6.83. The van der Waals surface area contributed by atoms with Gasteiger partial charge in [0.05, 0.1) is 12.2 Å². The van der Waals surface area contributed by atoms with E-state index in [1.807, 2.05) is 0 Å². The standard InChI is InChI=1S/C14H28O/c1-7-12(9-14(4,5)6)10(2)8-13-11(3)15-13/h10-13H,7-9H2,1-6H3. The molecule has 1 rings (SSSR count). The minimum atomic E-state index is 0.463. The van der Waals surface area contributed by atoms with E-state index in [4.69, 9.17) is 4.74 Å². The Labute approximate surface area is 95.6 Å². The average molecular weight is 212 g/mol. The summed E-state index contributed by atoms with van der Waals surface area (Å²) in [6.45, 7) is 13.9. The highest BCUT2D eigenvalue weighted by Gasteiger charge is 2.36. The molecule has 1 saturated heterocycles. The molecule has 0 N–H and O–H groups in total. The monoisotopic (exact) mass is 212 g/mol. The van der Waals surface area contributed by atoms with Crippen LogP contribution in [-0.4, -0.2) is 12.2 Å². The Kier molecular flexibility index (Phi) is 4.22. The number of ether oxygens (including phenoxy) is 1. The zero-order chi connectivity index (χ0) is 11.6. The fraction of sp³-hybridized carbons (Fsp3) is 1.00. The van der Waals surface area contributed by atoms with Crippen molar-refractivity contribution in [3.05, 3.63) is 0 Å². The number of hydrogen-bond donors (Lipinski definition) is 0. The summed E-state index contributed by atoms with van der Waals surface area (Å²) in [5, 5.41) is 0. The van der Waals surface area contributed by atoms with Gasteiger partial charge in [0.15, 0.2) is 0 Å². The molecule has 4 unspecified atom stereocenters. The third-order valence-electron chi connectivity index (χ3n) is 3.64. The molecule has 1 fully saturated rings. The molecule has 0 spiro atoms. The summed E-state index contributed by atoms with van der Waals surface area (Å²) in [6.07, 6.45) is 5.00. The first kappa shape index (κ1) is 13.0. The molecule has 0 aromatic carbocycles. The van der Waals surface area contributed by atoms with E-state index in [-0.39, 0.29) is 0 Å². The van der Waals surface area contributed by atoms with Crippen LogP contribution in [0.1, 0.15) is 60.8 Å². The van der Waals surface area contributed by atoms with Gasteiger partial charge in [-0.25, -0.2) is 0 Å². The van der Waals surface area contributed by atoms with Gasteiger partial charge in [-0.05, 0) is 37.0 Å². The van der Waals surface area contributed by atoms with Crippen molar-refractivity contribution in [1.29, 1.82) is 0 Å². The van der Waals surface area contributed by atoms with Crippen LogP contribution in [0.5, 0.6) is 0 Å². The Balaban J connectivity index is 2.36. The maximum atomic E-state index is 5.51. The van der Waals surface area contributed by atoms with Gasteiger partial charge >= 0.3 is 0 Å². The molecule has 1 heteroatoms. The molecule has 0 aromatic heterocycles. The molecule has 15 heavy (non-hydrogen) atoms. The molecule has 1 aliphatic heterocycles. The van der Waals surface area contributed by atoms with E-state index in [1.165, 1.54) is 19.3 Å². The molecule has 1 heterocycles. The van der Waals surface area contributed by atoms with Gasteiger partial charge in [0.25, 0.3) is 0 Å². The fourth-order valence-electron chi connectivity index (χ4n) is 2.57. The predicted molar refractivity (Wildman–Crippen MR) is 66.0 cm³/mol. The largest absolute Gasteiger partial charge is 0.370 e. The lowest BCUT2D eigenvalue weighted by Gasteiger charge is -2.29. The summed E-state index contributed by atoms with van der Waals surface area (Å²) < 4.78 is 5.51. The van der Waals surface area contributed by atoms with Crippen LogP contribution in [0.25, 0.3) is 0 Å². The highest BCUT2D eigenvalue weighted by atomic mass is 16.6. The first-order valence-electron chi connectivity index (χ1n) is 6.49. The van der Waals surface area contributed by atoms with Crippen LogP contribution in [0.3, 0.4) is 0 Å². The topological polar surface area (TPSA) is 12.5 Å². The van der Waals surface area contributed by atoms with E-state index in [0.717, 1.165) is 11.8 Å². The Bertz CT molecular complexity index is 192. The third kappa shape index (κ3) is 4.55. The van der Waals surface area contributed by atoms with Crippen LogP contribution in [0.2, 0.25) is 0 Å². The zero-order valence-electron chi connectivity index (χ0n) is 11.3. The van der Waals surface area contributed by atoms with Gasteiger partial charge < -0.3 is 4.74 Å². The van der Waals surface area contributed by atoms with E-state index < -0.39 is 0 Å². The molecule has 0 amide bonds. The van der Waals surface area contributed by atoms with Gasteiger partial charge in [0.1, 0.15) is 0 Å². The normalized spacial score (nSPS) is 30.0. The second kappa shape index (κ2) is 4.86. The molecule has 0 radical (unpaired) electrons. The van der Waals surface area contributed by atoms with Gasteiger partial charge in [-0.3, -0.25) is 0 Å². The van der Waals surface area contributed by atoms with Gasteiger partial charge in [0, 0.05) is 0 Å². The summed E-state index contributed by atoms with van der Waals surface area (Å²) in [5.41, 5.74) is 0.463. The van der Waals surface area contributed by atoms with Crippen molar-refractivity contribution in [1.82, 2.24) is 0 Å². The molecule has 90 valence electrons. The van der Waals surface area contributed by atoms with Gasteiger partial charge in [-0.2, -0.15) is 0 Å². The first-order valence-corrected chi connectivity index (χ1v) is 6.49. The van der Waals surface area contributed by atoms with Crippen molar-refractivity contribution < 1.29 is 4.74 Å². The number of hydrogen-bond acceptors (Lipinski definition) is 1.